The predicted molar refractivity (Wildman–Crippen MR) is 132 cm³/mol. The summed E-state index contributed by atoms with van der Waals surface area (Å²) in [6.45, 7) is 4.54. The second-order valence-electron chi connectivity index (χ2n) is 8.85. The van der Waals surface area contributed by atoms with E-state index in [0.29, 0.717) is 5.75 Å². The smallest absolute Gasteiger partial charge is 0.123 e. The second kappa shape index (κ2) is 15.1. The topological polar surface area (TPSA) is 20.2 Å². The van der Waals surface area contributed by atoms with Gasteiger partial charge in [0.2, 0.25) is 0 Å². The number of rotatable bonds is 16. The quantitative estimate of drug-likeness (QED) is 0.274. The van der Waals surface area contributed by atoms with Gasteiger partial charge >= 0.3 is 0 Å². The minimum atomic E-state index is 0.433. The van der Waals surface area contributed by atoms with Gasteiger partial charge in [-0.2, -0.15) is 0 Å². The lowest BCUT2D eigenvalue weighted by Crippen LogP contribution is -2.00. The Kier molecular flexibility index (Phi) is 12.3. The van der Waals surface area contributed by atoms with Gasteiger partial charge < -0.3 is 5.11 Å². The van der Waals surface area contributed by atoms with Gasteiger partial charge in [0.25, 0.3) is 0 Å². The molecule has 1 nitrogen and oxygen atoms in total. The molecule has 0 unspecified atom stereocenters. The molecule has 1 N–H and O–H groups in total. The van der Waals surface area contributed by atoms with Gasteiger partial charge in [-0.15, -0.1) is 0 Å². The lowest BCUT2D eigenvalue weighted by Gasteiger charge is -2.17. The number of aromatic hydroxyl groups is 1. The first-order valence-electron chi connectivity index (χ1n) is 12.7. The maximum Gasteiger partial charge on any atom is 0.123 e. The van der Waals surface area contributed by atoms with Crippen molar-refractivity contribution in [2.24, 2.45) is 0 Å². The molecule has 2 aromatic rings. The lowest BCUT2D eigenvalue weighted by atomic mass is 9.88. The van der Waals surface area contributed by atoms with Crippen LogP contribution in [-0.4, -0.2) is 5.11 Å². The Morgan fingerprint density at radius 1 is 0.567 bits per heavy atom. The average molecular weight is 409 g/mol. The Balaban J connectivity index is 1.94. The van der Waals surface area contributed by atoms with Gasteiger partial charge in [0.1, 0.15) is 5.75 Å². The third kappa shape index (κ3) is 8.54. The summed E-state index contributed by atoms with van der Waals surface area (Å²) in [6, 6.07) is 14.5. The molecule has 0 aliphatic heterocycles. The molecule has 0 aromatic heterocycles. The van der Waals surface area contributed by atoms with Crippen LogP contribution >= 0.6 is 0 Å². The number of hydrogen-bond acceptors (Lipinski definition) is 1. The number of unbranched alkanes of at least 4 members (excludes halogenated alkanes) is 11. The summed E-state index contributed by atoms with van der Waals surface area (Å²) < 4.78 is 0. The van der Waals surface area contributed by atoms with E-state index < -0.39 is 0 Å². The van der Waals surface area contributed by atoms with Crippen molar-refractivity contribution in [3.8, 4) is 16.9 Å². The van der Waals surface area contributed by atoms with Crippen LogP contribution in [0.5, 0.6) is 5.75 Å². The molecular weight excluding hydrogens is 364 g/mol. The number of phenols is 1. The van der Waals surface area contributed by atoms with E-state index in [0.717, 1.165) is 24.0 Å². The monoisotopic (exact) mass is 408 g/mol. The maximum atomic E-state index is 10.7. The highest BCUT2D eigenvalue weighted by atomic mass is 16.3. The Morgan fingerprint density at radius 3 is 1.73 bits per heavy atom. The van der Waals surface area contributed by atoms with E-state index >= 15 is 0 Å². The fourth-order valence-corrected chi connectivity index (χ4v) is 4.48. The molecule has 0 saturated carbocycles. The number of hydrogen-bond donors (Lipinski definition) is 1. The highest BCUT2D eigenvalue weighted by Crippen LogP contribution is 2.36. The molecule has 0 saturated heterocycles. The van der Waals surface area contributed by atoms with E-state index in [9.17, 15) is 5.11 Å². The van der Waals surface area contributed by atoms with Crippen molar-refractivity contribution < 1.29 is 5.11 Å². The molecule has 2 rings (SSSR count). The summed E-state index contributed by atoms with van der Waals surface area (Å²) in [5.74, 6) is 0.433. The fourth-order valence-electron chi connectivity index (χ4n) is 4.48. The highest BCUT2D eigenvalue weighted by Gasteiger charge is 2.14. The molecule has 0 heterocycles. The normalized spacial score (nSPS) is 11.1. The van der Waals surface area contributed by atoms with Gasteiger partial charge in [0, 0.05) is 5.56 Å². The summed E-state index contributed by atoms with van der Waals surface area (Å²) in [5.41, 5.74) is 5.04. The zero-order chi connectivity index (χ0) is 21.4. The number of aryl methyl sites for hydroxylation is 1. The van der Waals surface area contributed by atoms with Crippen molar-refractivity contribution in [2.75, 3.05) is 0 Å². The molecule has 30 heavy (non-hydrogen) atoms. The largest absolute Gasteiger partial charge is 0.507 e. The van der Waals surface area contributed by atoms with Gasteiger partial charge in [0.15, 0.2) is 0 Å². The first-order chi connectivity index (χ1) is 14.8. The highest BCUT2D eigenvalue weighted by molar-refractivity contribution is 5.75. The Hall–Kier alpha value is -1.76. The van der Waals surface area contributed by atoms with E-state index in [-0.39, 0.29) is 0 Å². The summed E-state index contributed by atoms with van der Waals surface area (Å²) in [6.07, 6.45) is 19.6. The molecule has 166 valence electrons. The third-order valence-corrected chi connectivity index (χ3v) is 6.28. The van der Waals surface area contributed by atoms with Crippen LogP contribution in [0.3, 0.4) is 0 Å². The second-order valence-corrected chi connectivity index (χ2v) is 8.85. The first kappa shape index (κ1) is 24.5. The van der Waals surface area contributed by atoms with Crippen LogP contribution in [0.4, 0.5) is 0 Å². The van der Waals surface area contributed by atoms with E-state index in [1.165, 1.54) is 94.6 Å². The standard InChI is InChI=1S/C29H44O/c1-3-5-7-8-9-10-11-12-13-18-22-27-25(19-15-6-4-2)23-24-28(30)29(27)26-20-16-14-17-21-26/h14,16-17,20-21,23-24,30H,3-13,15,18-19,22H2,1-2H3. The summed E-state index contributed by atoms with van der Waals surface area (Å²) >= 11 is 0. The molecule has 0 aliphatic rings. The van der Waals surface area contributed by atoms with Crippen LogP contribution in [0.25, 0.3) is 11.1 Å². The van der Waals surface area contributed by atoms with Crippen molar-refractivity contribution in [1.29, 1.82) is 0 Å². The molecule has 0 radical (unpaired) electrons. The van der Waals surface area contributed by atoms with E-state index in [1.54, 1.807) is 0 Å². The van der Waals surface area contributed by atoms with Crippen LogP contribution in [0.2, 0.25) is 0 Å². The van der Waals surface area contributed by atoms with Crippen LogP contribution in [0.1, 0.15) is 108 Å². The van der Waals surface area contributed by atoms with E-state index in [4.69, 9.17) is 0 Å². The Bertz CT molecular complexity index is 689. The van der Waals surface area contributed by atoms with Gasteiger partial charge in [0.05, 0.1) is 0 Å². The molecule has 2 aromatic carbocycles. The van der Waals surface area contributed by atoms with Crippen molar-refractivity contribution in [2.45, 2.75) is 110 Å². The third-order valence-electron chi connectivity index (χ3n) is 6.28. The van der Waals surface area contributed by atoms with Crippen molar-refractivity contribution in [3.63, 3.8) is 0 Å². The van der Waals surface area contributed by atoms with Crippen LogP contribution in [0, 0.1) is 0 Å². The Morgan fingerprint density at radius 2 is 1.10 bits per heavy atom. The van der Waals surface area contributed by atoms with E-state index in [1.807, 2.05) is 12.1 Å². The SMILES string of the molecule is CCCCCCCCCCCCc1c(CCCCC)ccc(O)c1-c1ccccc1. The summed E-state index contributed by atoms with van der Waals surface area (Å²) in [7, 11) is 0. The molecule has 0 amide bonds. The zero-order valence-corrected chi connectivity index (χ0v) is 19.6. The molecule has 0 atom stereocenters. The van der Waals surface area contributed by atoms with Crippen molar-refractivity contribution >= 4 is 0 Å². The number of benzene rings is 2. The summed E-state index contributed by atoms with van der Waals surface area (Å²) in [4.78, 5) is 0. The van der Waals surface area contributed by atoms with E-state index in [2.05, 4.69) is 44.2 Å². The molecule has 0 bridgehead atoms. The zero-order valence-electron chi connectivity index (χ0n) is 19.6. The van der Waals surface area contributed by atoms with Crippen LogP contribution < -0.4 is 0 Å². The van der Waals surface area contributed by atoms with Gasteiger partial charge in [-0.25, -0.2) is 0 Å². The Labute approximate surface area is 185 Å². The minimum Gasteiger partial charge on any atom is -0.507 e. The molecule has 0 aliphatic carbocycles. The molecule has 0 spiro atoms. The van der Waals surface area contributed by atoms with Gasteiger partial charge in [-0.1, -0.05) is 121 Å². The van der Waals surface area contributed by atoms with Gasteiger partial charge in [-0.3, -0.25) is 0 Å². The van der Waals surface area contributed by atoms with Crippen molar-refractivity contribution in [1.82, 2.24) is 0 Å². The average Bonchev–Trinajstić information content (AvgIpc) is 2.77. The predicted octanol–water partition coefficient (Wildman–Crippen LogP) is 9.26. The molecule has 0 fully saturated rings. The molecule has 1 heteroatoms. The van der Waals surface area contributed by atoms with Crippen molar-refractivity contribution in [3.05, 3.63) is 53.6 Å². The maximum absolute atomic E-state index is 10.7. The minimum absolute atomic E-state index is 0.433. The first-order valence-corrected chi connectivity index (χ1v) is 12.7. The fraction of sp³-hybridized carbons (Fsp3) is 0.586. The molecular formula is C29H44O. The van der Waals surface area contributed by atoms with Crippen LogP contribution in [0.15, 0.2) is 42.5 Å². The van der Waals surface area contributed by atoms with Gasteiger partial charge in [-0.05, 0) is 48.4 Å². The van der Waals surface area contributed by atoms with Crippen LogP contribution in [-0.2, 0) is 12.8 Å². The number of phenolic OH excluding ortho intramolecular Hbond substituents is 1. The lowest BCUT2D eigenvalue weighted by molar-refractivity contribution is 0.476. The summed E-state index contributed by atoms with van der Waals surface area (Å²) in [5, 5.41) is 10.7.